The predicted molar refractivity (Wildman–Crippen MR) is 62.9 cm³/mol. The van der Waals surface area contributed by atoms with Crippen molar-refractivity contribution in [2.24, 2.45) is 0 Å². The lowest BCUT2D eigenvalue weighted by molar-refractivity contribution is 0.0933. The molecule has 1 rings (SSSR count). The number of hydrogen-bond acceptors (Lipinski definition) is 1. The fraction of sp³-hybridized carbons (Fsp3) is 0.462. The first kappa shape index (κ1) is 12.7. The van der Waals surface area contributed by atoms with E-state index in [4.69, 9.17) is 0 Å². The van der Waals surface area contributed by atoms with Crippen molar-refractivity contribution < 1.29 is 9.18 Å². The summed E-state index contributed by atoms with van der Waals surface area (Å²) >= 11 is 0. The van der Waals surface area contributed by atoms with Crippen molar-refractivity contribution >= 4 is 5.91 Å². The van der Waals surface area contributed by atoms with Gasteiger partial charge in [-0.15, -0.1) is 0 Å². The smallest absolute Gasteiger partial charge is 0.251 e. The van der Waals surface area contributed by atoms with Crippen molar-refractivity contribution in [3.05, 3.63) is 35.6 Å². The standard InChI is InChI=1S/C13H18FNO/c1-3-5-12(4-2)15-13(16)10-6-8-11(14)9-7-10/h6-9,12H,3-5H2,1-2H3,(H,15,16). The second kappa shape index (κ2) is 6.26. The van der Waals surface area contributed by atoms with E-state index in [-0.39, 0.29) is 17.8 Å². The molecule has 0 saturated carbocycles. The van der Waals surface area contributed by atoms with Crippen LogP contribution in [0, 0.1) is 5.82 Å². The van der Waals surface area contributed by atoms with Crippen LogP contribution in [-0.2, 0) is 0 Å². The summed E-state index contributed by atoms with van der Waals surface area (Å²) in [5.74, 6) is -0.447. The first-order valence-electron chi connectivity index (χ1n) is 5.73. The minimum Gasteiger partial charge on any atom is -0.349 e. The predicted octanol–water partition coefficient (Wildman–Crippen LogP) is 3.13. The number of halogens is 1. The number of hydrogen-bond donors (Lipinski definition) is 1. The van der Waals surface area contributed by atoms with E-state index < -0.39 is 0 Å². The molecule has 0 aliphatic heterocycles. The largest absolute Gasteiger partial charge is 0.349 e. The Labute approximate surface area is 95.9 Å². The van der Waals surface area contributed by atoms with Crippen molar-refractivity contribution in [3.63, 3.8) is 0 Å². The Morgan fingerprint density at radius 3 is 2.44 bits per heavy atom. The Morgan fingerprint density at radius 2 is 1.94 bits per heavy atom. The Balaban J connectivity index is 2.60. The van der Waals surface area contributed by atoms with Gasteiger partial charge in [-0.25, -0.2) is 4.39 Å². The van der Waals surface area contributed by atoms with Crippen molar-refractivity contribution in [3.8, 4) is 0 Å². The Bertz CT molecular complexity index is 334. The van der Waals surface area contributed by atoms with Crippen LogP contribution in [0.5, 0.6) is 0 Å². The molecule has 1 N–H and O–H groups in total. The molecule has 1 aromatic rings. The normalized spacial score (nSPS) is 12.2. The van der Waals surface area contributed by atoms with Gasteiger partial charge in [0.15, 0.2) is 0 Å². The van der Waals surface area contributed by atoms with Gasteiger partial charge in [0.1, 0.15) is 5.82 Å². The van der Waals surface area contributed by atoms with E-state index in [0.717, 1.165) is 19.3 Å². The molecule has 0 radical (unpaired) electrons. The summed E-state index contributed by atoms with van der Waals surface area (Å²) in [7, 11) is 0. The van der Waals surface area contributed by atoms with Crippen LogP contribution in [-0.4, -0.2) is 11.9 Å². The van der Waals surface area contributed by atoms with Gasteiger partial charge in [-0.3, -0.25) is 4.79 Å². The van der Waals surface area contributed by atoms with Crippen LogP contribution in [0.25, 0.3) is 0 Å². The number of rotatable bonds is 5. The zero-order chi connectivity index (χ0) is 12.0. The Kier molecular flexibility index (Phi) is 4.96. The molecule has 1 unspecified atom stereocenters. The molecule has 88 valence electrons. The van der Waals surface area contributed by atoms with Gasteiger partial charge < -0.3 is 5.32 Å². The van der Waals surface area contributed by atoms with E-state index in [1.165, 1.54) is 24.3 Å². The monoisotopic (exact) mass is 223 g/mol. The fourth-order valence-corrected chi connectivity index (χ4v) is 1.60. The summed E-state index contributed by atoms with van der Waals surface area (Å²) in [5.41, 5.74) is 0.510. The van der Waals surface area contributed by atoms with Gasteiger partial charge in [0, 0.05) is 11.6 Å². The summed E-state index contributed by atoms with van der Waals surface area (Å²) in [6, 6.07) is 5.82. The molecule has 1 aromatic carbocycles. The minimum absolute atomic E-state index is 0.125. The van der Waals surface area contributed by atoms with E-state index in [1.54, 1.807) is 0 Å². The average molecular weight is 223 g/mol. The maximum absolute atomic E-state index is 12.7. The van der Waals surface area contributed by atoms with Crippen molar-refractivity contribution in [2.45, 2.75) is 39.2 Å². The molecular formula is C13H18FNO. The van der Waals surface area contributed by atoms with Crippen LogP contribution in [0.1, 0.15) is 43.5 Å². The number of amides is 1. The van der Waals surface area contributed by atoms with Gasteiger partial charge >= 0.3 is 0 Å². The van der Waals surface area contributed by atoms with Gasteiger partial charge in [0.2, 0.25) is 0 Å². The second-order valence-corrected chi connectivity index (χ2v) is 3.87. The molecule has 0 fully saturated rings. The lowest BCUT2D eigenvalue weighted by Crippen LogP contribution is -2.34. The SMILES string of the molecule is CCCC(CC)NC(=O)c1ccc(F)cc1. The van der Waals surface area contributed by atoms with Gasteiger partial charge in [0.25, 0.3) is 5.91 Å². The van der Waals surface area contributed by atoms with E-state index in [2.05, 4.69) is 12.2 Å². The van der Waals surface area contributed by atoms with E-state index in [0.29, 0.717) is 5.56 Å². The summed E-state index contributed by atoms with van der Waals surface area (Å²) in [6.07, 6.45) is 2.94. The highest BCUT2D eigenvalue weighted by atomic mass is 19.1. The van der Waals surface area contributed by atoms with Crippen LogP contribution < -0.4 is 5.32 Å². The number of benzene rings is 1. The zero-order valence-corrected chi connectivity index (χ0v) is 9.79. The van der Waals surface area contributed by atoms with Crippen LogP contribution >= 0.6 is 0 Å². The highest BCUT2D eigenvalue weighted by Crippen LogP contribution is 2.06. The molecular weight excluding hydrogens is 205 g/mol. The maximum Gasteiger partial charge on any atom is 0.251 e. The Morgan fingerprint density at radius 1 is 1.31 bits per heavy atom. The lowest BCUT2D eigenvalue weighted by atomic mass is 10.1. The number of carbonyl (C=O) groups excluding carboxylic acids is 1. The van der Waals surface area contributed by atoms with E-state index in [9.17, 15) is 9.18 Å². The quantitative estimate of drug-likeness (QED) is 0.816. The van der Waals surface area contributed by atoms with Crippen molar-refractivity contribution in [1.29, 1.82) is 0 Å². The molecule has 0 spiro atoms. The van der Waals surface area contributed by atoms with Crippen LogP contribution in [0.4, 0.5) is 4.39 Å². The minimum atomic E-state index is -0.322. The molecule has 1 amide bonds. The molecule has 0 aromatic heterocycles. The van der Waals surface area contributed by atoms with Crippen molar-refractivity contribution in [1.82, 2.24) is 5.32 Å². The zero-order valence-electron chi connectivity index (χ0n) is 9.79. The van der Waals surface area contributed by atoms with Gasteiger partial charge in [-0.2, -0.15) is 0 Å². The summed E-state index contributed by atoms with van der Waals surface area (Å²) < 4.78 is 12.7. The van der Waals surface area contributed by atoms with Gasteiger partial charge in [-0.1, -0.05) is 20.3 Å². The van der Waals surface area contributed by atoms with Gasteiger partial charge in [0.05, 0.1) is 0 Å². The van der Waals surface area contributed by atoms with E-state index >= 15 is 0 Å². The lowest BCUT2D eigenvalue weighted by Gasteiger charge is -2.15. The van der Waals surface area contributed by atoms with Crippen molar-refractivity contribution in [2.75, 3.05) is 0 Å². The first-order chi connectivity index (χ1) is 7.67. The maximum atomic E-state index is 12.7. The second-order valence-electron chi connectivity index (χ2n) is 3.87. The third kappa shape index (κ3) is 3.65. The third-order valence-corrected chi connectivity index (χ3v) is 2.57. The van der Waals surface area contributed by atoms with Gasteiger partial charge in [-0.05, 0) is 37.1 Å². The molecule has 0 saturated heterocycles. The molecule has 0 aliphatic rings. The molecule has 16 heavy (non-hydrogen) atoms. The summed E-state index contributed by atoms with van der Waals surface area (Å²) in [5, 5.41) is 2.94. The number of nitrogens with one attached hydrogen (secondary N) is 1. The Hall–Kier alpha value is -1.38. The first-order valence-corrected chi connectivity index (χ1v) is 5.73. The number of carbonyl (C=O) groups is 1. The molecule has 0 aliphatic carbocycles. The van der Waals surface area contributed by atoms with Crippen LogP contribution in [0.2, 0.25) is 0 Å². The molecule has 2 nitrogen and oxygen atoms in total. The molecule has 0 heterocycles. The van der Waals surface area contributed by atoms with Crippen LogP contribution in [0.15, 0.2) is 24.3 Å². The van der Waals surface area contributed by atoms with E-state index in [1.807, 2.05) is 6.92 Å². The third-order valence-electron chi connectivity index (χ3n) is 2.57. The summed E-state index contributed by atoms with van der Waals surface area (Å²) in [4.78, 5) is 11.8. The summed E-state index contributed by atoms with van der Waals surface area (Å²) in [6.45, 7) is 4.14. The van der Waals surface area contributed by atoms with Crippen LogP contribution in [0.3, 0.4) is 0 Å². The highest BCUT2D eigenvalue weighted by Gasteiger charge is 2.10. The fourth-order valence-electron chi connectivity index (χ4n) is 1.60. The highest BCUT2D eigenvalue weighted by molar-refractivity contribution is 5.94. The topological polar surface area (TPSA) is 29.1 Å². The molecule has 1 atom stereocenters. The molecule has 0 bridgehead atoms. The average Bonchev–Trinajstić information content (AvgIpc) is 2.29. The molecule has 3 heteroatoms.